The van der Waals surface area contributed by atoms with Crippen LogP contribution in [0.1, 0.15) is 10.4 Å². The molecule has 0 saturated carbocycles. The third-order valence-electron chi connectivity index (χ3n) is 2.69. The Bertz CT molecular complexity index is 768. The fourth-order valence-corrected chi connectivity index (χ4v) is 1.81. The maximum atomic E-state index is 13.4. The van der Waals surface area contributed by atoms with Crippen LogP contribution in [0.4, 0.5) is 18.9 Å². The van der Waals surface area contributed by atoms with Crippen LogP contribution >= 0.6 is 11.6 Å². The molecule has 0 saturated heterocycles. The van der Waals surface area contributed by atoms with Crippen LogP contribution in [0.2, 0.25) is 5.02 Å². The van der Waals surface area contributed by atoms with E-state index in [1.807, 2.05) is 0 Å². The SMILES string of the molecule is O=C(COC(=O)c1cc(Cl)ccc1F)Nc1ccc(F)cc1F. The van der Waals surface area contributed by atoms with E-state index >= 15 is 0 Å². The Morgan fingerprint density at radius 3 is 2.48 bits per heavy atom. The molecule has 4 nitrogen and oxygen atoms in total. The Morgan fingerprint density at radius 2 is 1.78 bits per heavy atom. The van der Waals surface area contributed by atoms with Crippen LogP contribution in [0.5, 0.6) is 0 Å². The van der Waals surface area contributed by atoms with Gasteiger partial charge in [-0.05, 0) is 30.3 Å². The summed E-state index contributed by atoms with van der Waals surface area (Å²) < 4.78 is 44.1. The summed E-state index contributed by atoms with van der Waals surface area (Å²) >= 11 is 5.64. The highest BCUT2D eigenvalue weighted by molar-refractivity contribution is 6.30. The van der Waals surface area contributed by atoms with Crippen LogP contribution in [-0.4, -0.2) is 18.5 Å². The lowest BCUT2D eigenvalue weighted by Gasteiger charge is -2.08. The predicted molar refractivity (Wildman–Crippen MR) is 76.7 cm³/mol. The van der Waals surface area contributed by atoms with Gasteiger partial charge in [-0.3, -0.25) is 4.79 Å². The summed E-state index contributed by atoms with van der Waals surface area (Å²) in [6.45, 7) is -0.776. The van der Waals surface area contributed by atoms with Gasteiger partial charge in [0.05, 0.1) is 11.3 Å². The van der Waals surface area contributed by atoms with Gasteiger partial charge in [0.1, 0.15) is 17.5 Å². The van der Waals surface area contributed by atoms with Crippen molar-refractivity contribution in [2.45, 2.75) is 0 Å². The van der Waals surface area contributed by atoms with Gasteiger partial charge in [0.25, 0.3) is 5.91 Å². The second kappa shape index (κ2) is 7.15. The van der Waals surface area contributed by atoms with Crippen LogP contribution in [0, 0.1) is 17.5 Å². The van der Waals surface area contributed by atoms with Gasteiger partial charge in [0.15, 0.2) is 6.61 Å². The van der Waals surface area contributed by atoms with Gasteiger partial charge in [-0.2, -0.15) is 0 Å². The van der Waals surface area contributed by atoms with Gasteiger partial charge < -0.3 is 10.1 Å². The Balaban J connectivity index is 1.96. The molecule has 2 aromatic carbocycles. The molecular formula is C15H9ClF3NO3. The van der Waals surface area contributed by atoms with Crippen molar-refractivity contribution >= 4 is 29.2 Å². The predicted octanol–water partition coefficient (Wildman–Crippen LogP) is 3.55. The highest BCUT2D eigenvalue weighted by Gasteiger charge is 2.16. The number of benzene rings is 2. The maximum absolute atomic E-state index is 13.4. The van der Waals surface area contributed by atoms with Crippen molar-refractivity contribution in [2.75, 3.05) is 11.9 Å². The Morgan fingerprint density at radius 1 is 1.04 bits per heavy atom. The van der Waals surface area contributed by atoms with Gasteiger partial charge in [-0.1, -0.05) is 11.6 Å². The number of hydrogen-bond acceptors (Lipinski definition) is 3. The fourth-order valence-electron chi connectivity index (χ4n) is 1.64. The first-order valence-corrected chi connectivity index (χ1v) is 6.61. The van der Waals surface area contributed by atoms with Crippen LogP contribution in [0.15, 0.2) is 36.4 Å². The van der Waals surface area contributed by atoms with Crippen molar-refractivity contribution in [3.05, 3.63) is 64.4 Å². The highest BCUT2D eigenvalue weighted by atomic mass is 35.5. The summed E-state index contributed by atoms with van der Waals surface area (Å²) in [6, 6.07) is 5.83. The summed E-state index contributed by atoms with van der Waals surface area (Å²) in [4.78, 5) is 23.2. The summed E-state index contributed by atoms with van der Waals surface area (Å²) in [6.07, 6.45) is 0. The molecule has 2 aromatic rings. The second-order valence-electron chi connectivity index (χ2n) is 4.37. The molecule has 0 radical (unpaired) electrons. The number of amides is 1. The minimum Gasteiger partial charge on any atom is -0.452 e. The molecule has 2 rings (SSSR count). The molecule has 0 aromatic heterocycles. The van der Waals surface area contributed by atoms with E-state index in [1.54, 1.807) is 0 Å². The third-order valence-corrected chi connectivity index (χ3v) is 2.92. The number of nitrogens with one attached hydrogen (secondary N) is 1. The Labute approximate surface area is 133 Å². The van der Waals surface area contributed by atoms with E-state index in [1.165, 1.54) is 6.07 Å². The third kappa shape index (κ3) is 4.46. The number of rotatable bonds is 4. The molecule has 23 heavy (non-hydrogen) atoms. The molecule has 0 aliphatic rings. The number of esters is 1. The molecule has 0 spiro atoms. The van der Waals surface area contributed by atoms with Crippen molar-refractivity contribution < 1.29 is 27.5 Å². The molecule has 8 heteroatoms. The molecule has 0 atom stereocenters. The second-order valence-corrected chi connectivity index (χ2v) is 4.81. The van der Waals surface area contributed by atoms with Gasteiger partial charge in [0, 0.05) is 11.1 Å². The maximum Gasteiger partial charge on any atom is 0.341 e. The molecule has 120 valence electrons. The molecule has 1 amide bonds. The van der Waals surface area contributed by atoms with E-state index in [0.29, 0.717) is 6.07 Å². The zero-order chi connectivity index (χ0) is 17.0. The van der Waals surface area contributed by atoms with Gasteiger partial charge in [-0.15, -0.1) is 0 Å². The van der Waals surface area contributed by atoms with Crippen LogP contribution in [0.3, 0.4) is 0 Å². The summed E-state index contributed by atoms with van der Waals surface area (Å²) in [5, 5.41) is 2.21. The largest absolute Gasteiger partial charge is 0.452 e. The molecule has 0 aliphatic heterocycles. The number of carbonyl (C=O) groups excluding carboxylic acids is 2. The van der Waals surface area contributed by atoms with Crippen molar-refractivity contribution in [3.63, 3.8) is 0 Å². The van der Waals surface area contributed by atoms with E-state index in [2.05, 4.69) is 10.1 Å². The Kier molecular flexibility index (Phi) is 5.23. The quantitative estimate of drug-likeness (QED) is 0.864. The first-order valence-electron chi connectivity index (χ1n) is 6.24. The molecule has 0 heterocycles. The number of anilines is 1. The van der Waals surface area contributed by atoms with Crippen LogP contribution < -0.4 is 5.32 Å². The van der Waals surface area contributed by atoms with E-state index in [-0.39, 0.29) is 10.7 Å². The number of halogens is 4. The molecule has 0 aliphatic carbocycles. The lowest BCUT2D eigenvalue weighted by atomic mass is 10.2. The van der Waals surface area contributed by atoms with Crippen molar-refractivity contribution in [2.24, 2.45) is 0 Å². The normalized spacial score (nSPS) is 10.3. The van der Waals surface area contributed by atoms with E-state index < -0.39 is 41.5 Å². The average Bonchev–Trinajstić information content (AvgIpc) is 2.50. The minimum absolute atomic E-state index is 0.121. The van der Waals surface area contributed by atoms with Crippen molar-refractivity contribution in [1.82, 2.24) is 0 Å². The minimum atomic E-state index is -1.10. The van der Waals surface area contributed by atoms with E-state index in [4.69, 9.17) is 11.6 Å². The van der Waals surface area contributed by atoms with Gasteiger partial charge in [0.2, 0.25) is 0 Å². The zero-order valence-corrected chi connectivity index (χ0v) is 12.2. The average molecular weight is 344 g/mol. The van der Waals surface area contributed by atoms with Gasteiger partial charge >= 0.3 is 5.97 Å². The zero-order valence-electron chi connectivity index (χ0n) is 11.4. The highest BCUT2D eigenvalue weighted by Crippen LogP contribution is 2.17. The summed E-state index contributed by atoms with van der Waals surface area (Å²) in [7, 11) is 0. The molecule has 1 N–H and O–H groups in total. The van der Waals surface area contributed by atoms with Crippen molar-refractivity contribution in [1.29, 1.82) is 0 Å². The first kappa shape index (κ1) is 16.8. The smallest absolute Gasteiger partial charge is 0.341 e. The van der Waals surface area contributed by atoms with Crippen LogP contribution in [-0.2, 0) is 9.53 Å². The monoisotopic (exact) mass is 343 g/mol. The summed E-state index contributed by atoms with van der Waals surface area (Å²) in [5.41, 5.74) is -0.709. The number of carbonyl (C=O) groups is 2. The van der Waals surface area contributed by atoms with Crippen LogP contribution in [0.25, 0.3) is 0 Å². The van der Waals surface area contributed by atoms with E-state index in [9.17, 15) is 22.8 Å². The molecule has 0 bridgehead atoms. The molecule has 0 unspecified atom stereocenters. The summed E-state index contributed by atoms with van der Waals surface area (Å²) in [5.74, 6) is -4.61. The Hall–Kier alpha value is -2.54. The lowest BCUT2D eigenvalue weighted by molar-refractivity contribution is -0.119. The first-order chi connectivity index (χ1) is 10.9. The van der Waals surface area contributed by atoms with Gasteiger partial charge in [-0.25, -0.2) is 18.0 Å². The molecular weight excluding hydrogens is 335 g/mol. The van der Waals surface area contributed by atoms with E-state index in [0.717, 1.165) is 24.3 Å². The number of ether oxygens (including phenoxy) is 1. The van der Waals surface area contributed by atoms with Crippen molar-refractivity contribution in [3.8, 4) is 0 Å². The lowest BCUT2D eigenvalue weighted by Crippen LogP contribution is -2.22. The number of hydrogen-bond donors (Lipinski definition) is 1. The standard InChI is InChI=1S/C15H9ClF3NO3/c16-8-1-3-11(18)10(5-8)15(22)23-7-14(21)20-13-4-2-9(17)6-12(13)19/h1-6H,7H2,(H,20,21). The topological polar surface area (TPSA) is 55.4 Å². The fraction of sp³-hybridized carbons (Fsp3) is 0.0667. The molecule has 0 fully saturated rings.